The zero-order valence-electron chi connectivity index (χ0n) is 12.9. The molecule has 2 aromatic carbocycles. The van der Waals surface area contributed by atoms with Crippen molar-refractivity contribution >= 4 is 22.7 Å². The Morgan fingerprint density at radius 3 is 2.70 bits per heavy atom. The summed E-state index contributed by atoms with van der Waals surface area (Å²) >= 11 is 1.48. The molecule has 0 spiro atoms. The zero-order valence-corrected chi connectivity index (χ0v) is 13.7. The Morgan fingerprint density at radius 2 is 1.91 bits per heavy atom. The lowest BCUT2D eigenvalue weighted by atomic mass is 10.2. The number of hydrogen-bond donors (Lipinski definition) is 1. The Bertz CT molecular complexity index is 844. The molecule has 0 unspecified atom stereocenters. The summed E-state index contributed by atoms with van der Waals surface area (Å²) in [5.41, 5.74) is 1.91. The van der Waals surface area contributed by atoms with Gasteiger partial charge in [0.1, 0.15) is 5.75 Å². The number of hydrogen-bond acceptors (Lipinski definition) is 4. The van der Waals surface area contributed by atoms with Crippen molar-refractivity contribution in [1.82, 2.24) is 9.97 Å². The summed E-state index contributed by atoms with van der Waals surface area (Å²) in [6, 6.07) is 15.5. The highest BCUT2D eigenvalue weighted by Gasteiger charge is 2.03. The van der Waals surface area contributed by atoms with E-state index < -0.39 is 0 Å². The van der Waals surface area contributed by atoms with Crippen LogP contribution in [-0.2, 0) is 6.42 Å². The number of aromatic nitrogens is 2. The summed E-state index contributed by atoms with van der Waals surface area (Å²) < 4.78 is 5.70. The number of nitrogens with zero attached hydrogens (tertiary/aromatic N) is 1. The number of rotatable bonds is 6. The van der Waals surface area contributed by atoms with E-state index in [1.165, 1.54) is 17.3 Å². The molecule has 5 heteroatoms. The third-order valence-corrected chi connectivity index (χ3v) is 4.35. The second-order valence-electron chi connectivity index (χ2n) is 5.08. The third kappa shape index (κ3) is 3.93. The molecule has 0 radical (unpaired) electrons. The van der Waals surface area contributed by atoms with Crippen molar-refractivity contribution in [1.29, 1.82) is 0 Å². The minimum Gasteiger partial charge on any atom is -0.493 e. The van der Waals surface area contributed by atoms with Gasteiger partial charge in [-0.1, -0.05) is 43.0 Å². The van der Waals surface area contributed by atoms with Gasteiger partial charge in [-0.05, 0) is 36.2 Å². The van der Waals surface area contributed by atoms with Crippen LogP contribution in [0.5, 0.6) is 5.75 Å². The number of benzene rings is 2. The maximum Gasteiger partial charge on any atom is 0.259 e. The maximum atomic E-state index is 12.0. The van der Waals surface area contributed by atoms with Crippen LogP contribution in [0.4, 0.5) is 0 Å². The highest BCUT2D eigenvalue weighted by molar-refractivity contribution is 7.99. The van der Waals surface area contributed by atoms with Gasteiger partial charge >= 0.3 is 0 Å². The van der Waals surface area contributed by atoms with Crippen LogP contribution in [0.15, 0.2) is 58.5 Å². The first-order chi connectivity index (χ1) is 11.3. The average molecular weight is 326 g/mol. The number of fused-ring (bicyclic) bond motifs is 1. The molecule has 1 heterocycles. The molecule has 0 amide bonds. The van der Waals surface area contributed by atoms with Crippen molar-refractivity contribution in [2.45, 2.75) is 18.5 Å². The fraction of sp³-hybridized carbons (Fsp3) is 0.222. The van der Waals surface area contributed by atoms with Crippen LogP contribution in [0, 0.1) is 0 Å². The molecule has 3 aromatic rings. The van der Waals surface area contributed by atoms with E-state index >= 15 is 0 Å². The SMILES string of the molecule is CCc1ccc(OCCSc2nc3ccccc3c(=O)[nH]2)cc1. The van der Waals surface area contributed by atoms with Crippen molar-refractivity contribution in [2.75, 3.05) is 12.4 Å². The van der Waals surface area contributed by atoms with Crippen LogP contribution in [-0.4, -0.2) is 22.3 Å². The van der Waals surface area contributed by atoms with Gasteiger partial charge in [0, 0.05) is 5.75 Å². The van der Waals surface area contributed by atoms with E-state index in [9.17, 15) is 4.79 Å². The lowest BCUT2D eigenvalue weighted by Gasteiger charge is -2.07. The average Bonchev–Trinajstić information content (AvgIpc) is 2.59. The first kappa shape index (κ1) is 15.6. The first-order valence-corrected chi connectivity index (χ1v) is 8.58. The molecule has 4 nitrogen and oxygen atoms in total. The summed E-state index contributed by atoms with van der Waals surface area (Å²) in [5.74, 6) is 1.58. The predicted octanol–water partition coefficient (Wildman–Crippen LogP) is 3.66. The van der Waals surface area contributed by atoms with E-state index in [-0.39, 0.29) is 5.56 Å². The van der Waals surface area contributed by atoms with Crippen LogP contribution in [0.2, 0.25) is 0 Å². The molecule has 3 rings (SSSR count). The molecule has 0 aliphatic carbocycles. The van der Waals surface area contributed by atoms with Crippen LogP contribution < -0.4 is 10.3 Å². The Labute approximate surface area is 138 Å². The van der Waals surface area contributed by atoms with Crippen LogP contribution in [0.25, 0.3) is 10.9 Å². The molecule has 0 fully saturated rings. The molecule has 1 aromatic heterocycles. The van der Waals surface area contributed by atoms with E-state index in [1.54, 1.807) is 6.07 Å². The lowest BCUT2D eigenvalue weighted by molar-refractivity contribution is 0.344. The molecular formula is C18H18N2O2S. The number of H-pyrrole nitrogens is 1. The van der Waals surface area contributed by atoms with E-state index in [0.717, 1.165) is 23.4 Å². The van der Waals surface area contributed by atoms with Gasteiger partial charge in [-0.3, -0.25) is 4.79 Å². The van der Waals surface area contributed by atoms with Gasteiger partial charge < -0.3 is 9.72 Å². The summed E-state index contributed by atoms with van der Waals surface area (Å²) in [6.07, 6.45) is 1.02. The van der Waals surface area contributed by atoms with Gasteiger partial charge in [0.05, 0.1) is 17.5 Å². The van der Waals surface area contributed by atoms with Crippen molar-refractivity contribution in [3.05, 3.63) is 64.4 Å². The maximum absolute atomic E-state index is 12.0. The first-order valence-electron chi connectivity index (χ1n) is 7.60. The normalized spacial score (nSPS) is 10.8. The van der Waals surface area contributed by atoms with Crippen LogP contribution >= 0.6 is 11.8 Å². The Morgan fingerprint density at radius 1 is 1.13 bits per heavy atom. The molecule has 0 saturated heterocycles. The van der Waals surface area contributed by atoms with Crippen molar-refractivity contribution in [2.24, 2.45) is 0 Å². The molecule has 1 N–H and O–H groups in total. The van der Waals surface area contributed by atoms with Gasteiger partial charge in [-0.15, -0.1) is 0 Å². The zero-order chi connectivity index (χ0) is 16.1. The van der Waals surface area contributed by atoms with Gasteiger partial charge in [-0.2, -0.15) is 0 Å². The van der Waals surface area contributed by atoms with E-state index in [4.69, 9.17) is 4.74 Å². The van der Waals surface area contributed by atoms with Gasteiger partial charge in [0.2, 0.25) is 0 Å². The van der Waals surface area contributed by atoms with Crippen molar-refractivity contribution < 1.29 is 4.74 Å². The Balaban J connectivity index is 1.57. The van der Waals surface area contributed by atoms with E-state index in [2.05, 4.69) is 29.0 Å². The second-order valence-corrected chi connectivity index (χ2v) is 6.17. The molecule has 0 bridgehead atoms. The number of aryl methyl sites for hydroxylation is 1. The number of thioether (sulfide) groups is 1. The third-order valence-electron chi connectivity index (χ3n) is 3.51. The van der Waals surface area contributed by atoms with Gasteiger partial charge in [0.25, 0.3) is 5.56 Å². The summed E-state index contributed by atoms with van der Waals surface area (Å²) in [6.45, 7) is 2.69. The number of ether oxygens (including phenoxy) is 1. The van der Waals surface area contributed by atoms with Gasteiger partial charge in [-0.25, -0.2) is 4.98 Å². The largest absolute Gasteiger partial charge is 0.493 e. The fourth-order valence-electron chi connectivity index (χ4n) is 2.25. The van der Waals surface area contributed by atoms with Crippen LogP contribution in [0.3, 0.4) is 0 Å². The molecular weight excluding hydrogens is 308 g/mol. The topological polar surface area (TPSA) is 55.0 Å². The molecule has 0 aliphatic heterocycles. The predicted molar refractivity (Wildman–Crippen MR) is 94.4 cm³/mol. The van der Waals surface area contributed by atoms with E-state index in [0.29, 0.717) is 17.1 Å². The summed E-state index contributed by atoms with van der Waals surface area (Å²) in [7, 11) is 0. The minimum atomic E-state index is -0.103. The smallest absolute Gasteiger partial charge is 0.259 e. The minimum absolute atomic E-state index is 0.103. The second kappa shape index (κ2) is 7.33. The molecule has 23 heavy (non-hydrogen) atoms. The monoisotopic (exact) mass is 326 g/mol. The lowest BCUT2D eigenvalue weighted by Crippen LogP contribution is -2.10. The Hall–Kier alpha value is -2.27. The highest BCUT2D eigenvalue weighted by Crippen LogP contribution is 2.16. The van der Waals surface area contributed by atoms with Crippen molar-refractivity contribution in [3.8, 4) is 5.75 Å². The molecule has 0 atom stereocenters. The number of nitrogens with one attached hydrogen (secondary N) is 1. The summed E-state index contributed by atoms with van der Waals surface area (Å²) in [5, 5.41) is 1.24. The molecule has 0 aliphatic rings. The van der Waals surface area contributed by atoms with Crippen LogP contribution in [0.1, 0.15) is 12.5 Å². The van der Waals surface area contributed by atoms with E-state index in [1.807, 2.05) is 30.3 Å². The highest BCUT2D eigenvalue weighted by atomic mass is 32.2. The standard InChI is InChI=1S/C18H18N2O2S/c1-2-13-7-9-14(10-8-13)22-11-12-23-18-19-16-6-4-3-5-15(16)17(21)20-18/h3-10H,2,11-12H2,1H3,(H,19,20,21). The number of aromatic amines is 1. The summed E-state index contributed by atoms with van der Waals surface area (Å²) in [4.78, 5) is 19.2. The van der Waals surface area contributed by atoms with Gasteiger partial charge in [0.15, 0.2) is 5.16 Å². The fourth-order valence-corrected chi connectivity index (χ4v) is 2.94. The quantitative estimate of drug-likeness (QED) is 0.427. The number of para-hydroxylation sites is 1. The Kier molecular flexibility index (Phi) is 4.98. The van der Waals surface area contributed by atoms with Crippen molar-refractivity contribution in [3.63, 3.8) is 0 Å². The molecule has 0 saturated carbocycles. The molecule has 118 valence electrons.